The van der Waals surface area contributed by atoms with Gasteiger partial charge in [-0.25, -0.2) is 0 Å². The van der Waals surface area contributed by atoms with Crippen LogP contribution in [-0.4, -0.2) is 9.78 Å². The molecule has 0 fully saturated rings. The molecule has 68 valence electrons. The van der Waals surface area contributed by atoms with Gasteiger partial charge >= 0.3 is 0 Å². The van der Waals surface area contributed by atoms with E-state index in [1.54, 1.807) is 17.5 Å². The molecule has 3 nitrogen and oxygen atoms in total. The molecule has 0 bridgehead atoms. The van der Waals surface area contributed by atoms with Crippen molar-refractivity contribution in [2.45, 2.75) is 6.04 Å². The van der Waals surface area contributed by atoms with Crippen LogP contribution in [0.3, 0.4) is 0 Å². The molecule has 2 rings (SSSR count). The predicted octanol–water partition coefficient (Wildman–Crippen LogP) is 1.53. The van der Waals surface area contributed by atoms with Crippen molar-refractivity contribution < 1.29 is 0 Å². The van der Waals surface area contributed by atoms with Crippen LogP contribution < -0.4 is 5.73 Å². The Hall–Kier alpha value is -1.13. The second kappa shape index (κ2) is 3.32. The zero-order chi connectivity index (χ0) is 9.26. The first-order valence-corrected chi connectivity index (χ1v) is 4.99. The van der Waals surface area contributed by atoms with Gasteiger partial charge in [-0.05, 0) is 28.5 Å². The van der Waals surface area contributed by atoms with E-state index in [0.717, 1.165) is 11.3 Å². The summed E-state index contributed by atoms with van der Waals surface area (Å²) < 4.78 is 1.81. The van der Waals surface area contributed by atoms with Gasteiger partial charge in [0.2, 0.25) is 0 Å². The number of aromatic nitrogens is 2. The summed E-state index contributed by atoms with van der Waals surface area (Å²) in [4.78, 5) is 0. The molecule has 0 radical (unpaired) electrons. The molecule has 1 atom stereocenters. The molecule has 2 heterocycles. The number of thiophene rings is 1. The Kier molecular flexibility index (Phi) is 2.16. The lowest BCUT2D eigenvalue weighted by atomic mass is 10.1. The van der Waals surface area contributed by atoms with Gasteiger partial charge in [-0.3, -0.25) is 4.68 Å². The summed E-state index contributed by atoms with van der Waals surface area (Å²) in [6.45, 7) is 0. The van der Waals surface area contributed by atoms with Crippen LogP contribution in [-0.2, 0) is 7.05 Å². The first kappa shape index (κ1) is 8.47. The monoisotopic (exact) mass is 193 g/mol. The molecule has 0 amide bonds. The van der Waals surface area contributed by atoms with Crippen LogP contribution in [0.4, 0.5) is 0 Å². The smallest absolute Gasteiger partial charge is 0.0731 e. The molecule has 0 aliphatic heterocycles. The summed E-state index contributed by atoms with van der Waals surface area (Å²) in [6, 6.07) is 3.93. The summed E-state index contributed by atoms with van der Waals surface area (Å²) >= 11 is 1.66. The van der Waals surface area contributed by atoms with Crippen LogP contribution in [0.5, 0.6) is 0 Å². The summed E-state index contributed by atoms with van der Waals surface area (Å²) in [7, 11) is 1.90. The largest absolute Gasteiger partial charge is 0.319 e. The minimum absolute atomic E-state index is 0.0567. The maximum Gasteiger partial charge on any atom is 0.0731 e. The molecule has 0 saturated carbocycles. The quantitative estimate of drug-likeness (QED) is 0.786. The van der Waals surface area contributed by atoms with Crippen LogP contribution in [0, 0.1) is 0 Å². The lowest BCUT2D eigenvalue weighted by Crippen LogP contribution is -2.15. The Morgan fingerprint density at radius 2 is 2.38 bits per heavy atom. The van der Waals surface area contributed by atoms with Gasteiger partial charge < -0.3 is 5.73 Å². The van der Waals surface area contributed by atoms with E-state index in [-0.39, 0.29) is 6.04 Å². The van der Waals surface area contributed by atoms with Crippen LogP contribution in [0.2, 0.25) is 0 Å². The molecule has 1 unspecified atom stereocenters. The summed E-state index contributed by atoms with van der Waals surface area (Å²) in [5.74, 6) is 0. The lowest BCUT2D eigenvalue weighted by molar-refractivity contribution is 0.674. The highest BCUT2D eigenvalue weighted by atomic mass is 32.1. The number of hydrogen-bond donors (Lipinski definition) is 1. The fourth-order valence-electron chi connectivity index (χ4n) is 1.31. The van der Waals surface area contributed by atoms with Crippen LogP contribution in [0.25, 0.3) is 0 Å². The maximum absolute atomic E-state index is 6.05. The molecule has 2 N–H and O–H groups in total. The topological polar surface area (TPSA) is 43.8 Å². The highest BCUT2D eigenvalue weighted by Crippen LogP contribution is 2.20. The van der Waals surface area contributed by atoms with Crippen LogP contribution in [0.15, 0.2) is 29.1 Å². The second-order valence-corrected chi connectivity index (χ2v) is 3.69. The van der Waals surface area contributed by atoms with Gasteiger partial charge in [-0.15, -0.1) is 0 Å². The number of hydrogen-bond acceptors (Lipinski definition) is 3. The first-order chi connectivity index (χ1) is 6.29. The average Bonchev–Trinajstić information content (AvgIpc) is 2.72. The third-order valence-electron chi connectivity index (χ3n) is 2.08. The van der Waals surface area contributed by atoms with E-state index in [9.17, 15) is 0 Å². The Bertz CT molecular complexity index is 377. The van der Waals surface area contributed by atoms with Gasteiger partial charge in [0.15, 0.2) is 0 Å². The number of nitrogens with two attached hydrogens (primary N) is 1. The molecule has 0 aliphatic rings. The van der Waals surface area contributed by atoms with Crippen molar-refractivity contribution in [1.82, 2.24) is 9.78 Å². The fraction of sp³-hybridized carbons (Fsp3) is 0.222. The molecular formula is C9H11N3S. The summed E-state index contributed by atoms with van der Waals surface area (Å²) in [6.07, 6.45) is 1.77. The normalized spacial score (nSPS) is 13.1. The number of aryl methyl sites for hydroxylation is 1. The number of nitrogens with zero attached hydrogens (tertiary/aromatic N) is 2. The van der Waals surface area contributed by atoms with Crippen LogP contribution in [0.1, 0.15) is 17.3 Å². The van der Waals surface area contributed by atoms with E-state index >= 15 is 0 Å². The third kappa shape index (κ3) is 1.50. The molecule has 4 heteroatoms. The van der Waals surface area contributed by atoms with Crippen LogP contribution >= 0.6 is 11.3 Å². The molecule has 2 aromatic heterocycles. The van der Waals surface area contributed by atoms with Crippen molar-refractivity contribution in [3.8, 4) is 0 Å². The van der Waals surface area contributed by atoms with Crippen molar-refractivity contribution >= 4 is 11.3 Å². The fourth-order valence-corrected chi connectivity index (χ4v) is 2.01. The Balaban J connectivity index is 2.33. The van der Waals surface area contributed by atoms with Crippen molar-refractivity contribution in [2.24, 2.45) is 12.8 Å². The SMILES string of the molecule is Cn1nccc1C(N)c1ccsc1. The van der Waals surface area contributed by atoms with Crippen molar-refractivity contribution in [2.75, 3.05) is 0 Å². The van der Waals surface area contributed by atoms with E-state index < -0.39 is 0 Å². The second-order valence-electron chi connectivity index (χ2n) is 2.91. The Morgan fingerprint density at radius 3 is 2.92 bits per heavy atom. The highest BCUT2D eigenvalue weighted by molar-refractivity contribution is 7.07. The molecule has 0 spiro atoms. The van der Waals surface area contributed by atoms with E-state index in [4.69, 9.17) is 5.73 Å². The van der Waals surface area contributed by atoms with Crippen molar-refractivity contribution in [3.05, 3.63) is 40.3 Å². The minimum atomic E-state index is -0.0567. The van der Waals surface area contributed by atoms with E-state index in [2.05, 4.69) is 10.5 Å². The number of rotatable bonds is 2. The van der Waals surface area contributed by atoms with E-state index in [1.165, 1.54) is 0 Å². The van der Waals surface area contributed by atoms with E-state index in [1.807, 2.05) is 29.2 Å². The molecule has 0 aromatic carbocycles. The summed E-state index contributed by atoms with van der Waals surface area (Å²) in [5, 5.41) is 8.19. The van der Waals surface area contributed by atoms with Gasteiger partial charge in [0.05, 0.1) is 11.7 Å². The zero-order valence-electron chi connectivity index (χ0n) is 7.34. The highest BCUT2D eigenvalue weighted by Gasteiger charge is 2.11. The zero-order valence-corrected chi connectivity index (χ0v) is 8.16. The Labute approximate surface area is 80.8 Å². The molecule has 0 saturated heterocycles. The maximum atomic E-state index is 6.05. The molecule has 2 aromatic rings. The molecular weight excluding hydrogens is 182 g/mol. The average molecular weight is 193 g/mol. The van der Waals surface area contributed by atoms with Crippen molar-refractivity contribution in [3.63, 3.8) is 0 Å². The Morgan fingerprint density at radius 1 is 1.54 bits per heavy atom. The minimum Gasteiger partial charge on any atom is -0.319 e. The standard InChI is InChI=1S/C9H11N3S/c1-12-8(2-4-11-12)9(10)7-3-5-13-6-7/h2-6,9H,10H2,1H3. The lowest BCUT2D eigenvalue weighted by Gasteiger charge is -2.09. The van der Waals surface area contributed by atoms with Gasteiger partial charge in [0.25, 0.3) is 0 Å². The van der Waals surface area contributed by atoms with Gasteiger partial charge in [-0.1, -0.05) is 0 Å². The van der Waals surface area contributed by atoms with Gasteiger partial charge in [0, 0.05) is 13.2 Å². The van der Waals surface area contributed by atoms with Crippen molar-refractivity contribution in [1.29, 1.82) is 0 Å². The molecule has 0 aliphatic carbocycles. The van der Waals surface area contributed by atoms with Gasteiger partial charge in [0.1, 0.15) is 0 Å². The van der Waals surface area contributed by atoms with Gasteiger partial charge in [-0.2, -0.15) is 16.4 Å². The first-order valence-electron chi connectivity index (χ1n) is 4.04. The predicted molar refractivity (Wildman–Crippen MR) is 53.6 cm³/mol. The molecule has 13 heavy (non-hydrogen) atoms. The third-order valence-corrected chi connectivity index (χ3v) is 2.78. The van der Waals surface area contributed by atoms with E-state index in [0.29, 0.717) is 0 Å². The summed E-state index contributed by atoms with van der Waals surface area (Å²) in [5.41, 5.74) is 8.24.